The largest absolute Gasteiger partial charge is 0.199 e. The molecule has 0 unspecified atom stereocenters. The Hall–Kier alpha value is -1.03. The van der Waals surface area contributed by atoms with Gasteiger partial charge in [0.05, 0.1) is 0 Å². The van der Waals surface area contributed by atoms with Gasteiger partial charge in [-0.2, -0.15) is 0 Å². The lowest BCUT2D eigenvalue weighted by Gasteiger charge is -2.10. The molecule has 0 spiro atoms. The number of rotatable bonds is 0. The van der Waals surface area contributed by atoms with Crippen molar-refractivity contribution in [2.75, 3.05) is 0 Å². The standard InChI is InChI=1S/C6H4.F3N/c1-2-6-4-3-5(1)6;1-4(2)3/h1-4H;. The first-order valence-corrected chi connectivity index (χ1v) is 2.58. The lowest BCUT2D eigenvalue weighted by Crippen LogP contribution is -1.85. The van der Waals surface area contributed by atoms with Gasteiger partial charge in [-0.3, -0.25) is 0 Å². The maximum Gasteiger partial charge on any atom is 0.199 e. The van der Waals surface area contributed by atoms with Crippen LogP contribution in [0.4, 0.5) is 13.4 Å². The lowest BCUT2D eigenvalue weighted by atomic mass is 9.95. The van der Waals surface area contributed by atoms with E-state index in [0.717, 1.165) is 0 Å². The summed E-state index contributed by atoms with van der Waals surface area (Å²) in [5.41, 5.74) is 0.352. The third-order valence-electron chi connectivity index (χ3n) is 1.22. The van der Waals surface area contributed by atoms with E-state index in [1.165, 1.54) is 11.1 Å². The first-order valence-electron chi connectivity index (χ1n) is 2.58. The molecule has 0 N–H and O–H groups in total. The zero-order valence-electron chi connectivity index (χ0n) is 4.89. The third kappa shape index (κ3) is 1.48. The SMILES string of the molecule is FN(F)F.c1cc2ccc1-2. The summed E-state index contributed by atoms with van der Waals surface area (Å²) in [6, 6.07) is 8.48. The molecule has 2 aliphatic carbocycles. The fourth-order valence-electron chi connectivity index (χ4n) is 0.663. The van der Waals surface area contributed by atoms with E-state index in [0.29, 0.717) is 0 Å². The number of hydrogen-bond donors (Lipinski definition) is 0. The van der Waals surface area contributed by atoms with Crippen molar-refractivity contribution >= 4 is 0 Å². The van der Waals surface area contributed by atoms with Gasteiger partial charge in [0.25, 0.3) is 0 Å². The van der Waals surface area contributed by atoms with E-state index in [1.807, 2.05) is 0 Å². The molecule has 0 aromatic heterocycles. The molecule has 0 saturated heterocycles. The van der Waals surface area contributed by atoms with Gasteiger partial charge < -0.3 is 0 Å². The Bertz CT molecular complexity index is 183. The van der Waals surface area contributed by atoms with Crippen LogP contribution < -0.4 is 0 Å². The molecule has 0 fully saturated rings. The summed E-state index contributed by atoms with van der Waals surface area (Å²) in [4.78, 5) is 0. The number of benzene rings is 1. The second kappa shape index (κ2) is 2.70. The van der Waals surface area contributed by atoms with Crippen molar-refractivity contribution in [1.29, 1.82) is 0 Å². The lowest BCUT2D eigenvalue weighted by molar-refractivity contribution is -0.295. The van der Waals surface area contributed by atoms with E-state index in [2.05, 4.69) is 24.3 Å². The minimum atomic E-state index is -2.50. The highest BCUT2D eigenvalue weighted by molar-refractivity contribution is 5.75. The quantitative estimate of drug-likeness (QED) is 0.517. The molecule has 0 bridgehead atoms. The predicted molar refractivity (Wildman–Crippen MR) is 30.6 cm³/mol. The molecule has 0 atom stereocenters. The van der Waals surface area contributed by atoms with Gasteiger partial charge in [0.15, 0.2) is 5.57 Å². The van der Waals surface area contributed by atoms with E-state index in [4.69, 9.17) is 0 Å². The van der Waals surface area contributed by atoms with Crippen molar-refractivity contribution in [2.24, 2.45) is 0 Å². The number of fused-ring (bicyclic) bond motifs is 1. The third-order valence-corrected chi connectivity index (χ3v) is 1.22. The molecule has 0 heterocycles. The van der Waals surface area contributed by atoms with Crippen LogP contribution in [0, 0.1) is 0 Å². The van der Waals surface area contributed by atoms with Gasteiger partial charge in [0, 0.05) is 0 Å². The molecule has 2 rings (SSSR count). The smallest absolute Gasteiger partial charge is 0.0662 e. The van der Waals surface area contributed by atoms with Crippen molar-refractivity contribution in [1.82, 2.24) is 5.57 Å². The van der Waals surface area contributed by atoms with E-state index in [9.17, 15) is 13.4 Å². The van der Waals surface area contributed by atoms with Crippen LogP contribution in [-0.4, -0.2) is 5.57 Å². The first-order chi connectivity index (χ1) is 4.70. The van der Waals surface area contributed by atoms with E-state index < -0.39 is 5.57 Å². The summed E-state index contributed by atoms with van der Waals surface area (Å²) in [7, 11) is 0. The van der Waals surface area contributed by atoms with Gasteiger partial charge in [-0.05, 0) is 11.1 Å². The monoisotopic (exact) mass is 147 g/mol. The van der Waals surface area contributed by atoms with E-state index >= 15 is 0 Å². The number of hydrogen-bond acceptors (Lipinski definition) is 1. The maximum atomic E-state index is 9.50. The molecule has 1 nitrogen and oxygen atoms in total. The van der Waals surface area contributed by atoms with Crippen LogP contribution in [0.5, 0.6) is 0 Å². The maximum absolute atomic E-state index is 9.50. The van der Waals surface area contributed by atoms with Gasteiger partial charge in [-0.1, -0.05) is 37.7 Å². The first kappa shape index (κ1) is 7.08. The Morgan fingerprint density at radius 1 is 0.800 bits per heavy atom. The normalized spacial score (nSPS) is 10.4. The molecule has 0 saturated carbocycles. The fourth-order valence-corrected chi connectivity index (χ4v) is 0.663. The summed E-state index contributed by atoms with van der Waals surface area (Å²) in [6.07, 6.45) is 0. The van der Waals surface area contributed by atoms with Crippen LogP contribution in [0.1, 0.15) is 0 Å². The van der Waals surface area contributed by atoms with Crippen molar-refractivity contribution in [2.45, 2.75) is 0 Å². The van der Waals surface area contributed by atoms with Crippen molar-refractivity contribution in [3.63, 3.8) is 0 Å². The summed E-state index contributed by atoms with van der Waals surface area (Å²) < 4.78 is 28.5. The van der Waals surface area contributed by atoms with Crippen LogP contribution in [0.2, 0.25) is 0 Å². The van der Waals surface area contributed by atoms with Gasteiger partial charge >= 0.3 is 0 Å². The van der Waals surface area contributed by atoms with E-state index in [-0.39, 0.29) is 0 Å². The highest BCUT2D eigenvalue weighted by atomic mass is 19.5. The van der Waals surface area contributed by atoms with Gasteiger partial charge in [0.2, 0.25) is 0 Å². The van der Waals surface area contributed by atoms with Crippen LogP contribution in [0.15, 0.2) is 24.3 Å². The van der Waals surface area contributed by atoms with Gasteiger partial charge in [-0.15, -0.1) is 0 Å². The average molecular weight is 147 g/mol. The predicted octanol–water partition coefficient (Wildman–Crippen LogP) is 2.61. The molecule has 2 aliphatic rings. The Labute approximate surface area is 55.5 Å². The van der Waals surface area contributed by atoms with E-state index in [1.54, 1.807) is 0 Å². The molecule has 54 valence electrons. The van der Waals surface area contributed by atoms with Crippen molar-refractivity contribution < 1.29 is 13.4 Å². The van der Waals surface area contributed by atoms with Crippen LogP contribution in [0.25, 0.3) is 11.1 Å². The second-order valence-electron chi connectivity index (χ2n) is 1.77. The highest BCUT2D eigenvalue weighted by Crippen LogP contribution is 2.29. The summed E-state index contributed by atoms with van der Waals surface area (Å²) >= 11 is 0. The number of halogens is 3. The molecular weight excluding hydrogens is 143 g/mol. The Morgan fingerprint density at radius 2 is 1.00 bits per heavy atom. The van der Waals surface area contributed by atoms with Crippen molar-refractivity contribution in [3.05, 3.63) is 24.3 Å². The summed E-state index contributed by atoms with van der Waals surface area (Å²) in [5.74, 6) is 0. The fraction of sp³-hybridized carbons (Fsp3) is 0. The Morgan fingerprint density at radius 3 is 1.00 bits per heavy atom. The van der Waals surface area contributed by atoms with Gasteiger partial charge in [-0.25, -0.2) is 0 Å². The molecule has 0 amide bonds. The Kier molecular flexibility index (Phi) is 1.91. The molecule has 0 radical (unpaired) electrons. The molecule has 4 heteroatoms. The minimum absolute atomic E-state index is 1.43. The molecule has 0 aliphatic heterocycles. The Balaban J connectivity index is 0.000000112. The minimum Gasteiger partial charge on any atom is -0.0662 e. The average Bonchev–Trinajstić information content (AvgIpc) is 1.77. The summed E-state index contributed by atoms with van der Waals surface area (Å²) in [5, 5.41) is 0. The van der Waals surface area contributed by atoms with Crippen LogP contribution in [0.3, 0.4) is 0 Å². The molecule has 10 heavy (non-hydrogen) atoms. The van der Waals surface area contributed by atoms with Crippen LogP contribution in [-0.2, 0) is 0 Å². The van der Waals surface area contributed by atoms with Crippen LogP contribution >= 0.6 is 0 Å². The van der Waals surface area contributed by atoms with Gasteiger partial charge in [0.1, 0.15) is 0 Å². The molecule has 0 aromatic rings. The molecule has 0 aromatic carbocycles. The second-order valence-corrected chi connectivity index (χ2v) is 1.77. The zero-order chi connectivity index (χ0) is 7.56. The summed E-state index contributed by atoms with van der Waals surface area (Å²) in [6.45, 7) is 0. The highest BCUT2D eigenvalue weighted by Gasteiger charge is 2.03. The molecular formula is C6H4F3N. The topological polar surface area (TPSA) is 3.24 Å². The van der Waals surface area contributed by atoms with Crippen molar-refractivity contribution in [3.8, 4) is 11.1 Å². The number of nitrogens with zero attached hydrogens (tertiary/aromatic N) is 1. The zero-order valence-corrected chi connectivity index (χ0v) is 4.89.